The first-order valence-electron chi connectivity index (χ1n) is 6.83. The molecule has 0 aliphatic heterocycles. The average molecular weight is 332 g/mol. The van der Waals surface area contributed by atoms with E-state index in [1.54, 1.807) is 27.7 Å². The van der Waals surface area contributed by atoms with Crippen LogP contribution >= 0.6 is 11.3 Å². The quantitative estimate of drug-likeness (QED) is 0.691. The van der Waals surface area contributed by atoms with Crippen molar-refractivity contribution in [2.75, 3.05) is 21.3 Å². The van der Waals surface area contributed by atoms with Crippen LogP contribution in [0.15, 0.2) is 29.9 Å². The first-order valence-corrected chi connectivity index (χ1v) is 7.71. The molecule has 0 saturated carbocycles. The number of rotatable bonds is 6. The van der Waals surface area contributed by atoms with Gasteiger partial charge in [0.25, 0.3) is 0 Å². The van der Waals surface area contributed by atoms with Gasteiger partial charge >= 0.3 is 0 Å². The first-order chi connectivity index (χ1) is 11.3. The molecule has 3 rings (SSSR count). The lowest BCUT2D eigenvalue weighted by atomic mass is 10.2. The fourth-order valence-corrected chi connectivity index (χ4v) is 2.99. The molecule has 1 aromatic carbocycles. The molecule has 7 nitrogen and oxygen atoms in total. The van der Waals surface area contributed by atoms with Gasteiger partial charge in [-0.25, -0.2) is 4.98 Å². The van der Waals surface area contributed by atoms with Gasteiger partial charge in [-0.3, -0.25) is 4.57 Å². The number of aromatic nitrogens is 4. The summed E-state index contributed by atoms with van der Waals surface area (Å²) in [5.41, 5.74) is 1.46. The molecule has 0 bridgehead atoms. The summed E-state index contributed by atoms with van der Waals surface area (Å²) in [7, 11) is 4.87. The van der Waals surface area contributed by atoms with Crippen molar-refractivity contribution in [2.45, 2.75) is 6.61 Å². The van der Waals surface area contributed by atoms with Gasteiger partial charge in [0.15, 0.2) is 5.82 Å². The van der Waals surface area contributed by atoms with Gasteiger partial charge in [0, 0.05) is 12.5 Å². The van der Waals surface area contributed by atoms with Crippen LogP contribution in [0.1, 0.15) is 5.01 Å². The predicted molar refractivity (Wildman–Crippen MR) is 86.3 cm³/mol. The Morgan fingerprint density at radius 3 is 2.52 bits per heavy atom. The van der Waals surface area contributed by atoms with Gasteiger partial charge in [-0.1, -0.05) is 6.07 Å². The lowest BCUT2D eigenvalue weighted by molar-refractivity contribution is 0.184. The van der Waals surface area contributed by atoms with E-state index in [2.05, 4.69) is 15.2 Å². The predicted octanol–water partition coefficient (Wildman–Crippen LogP) is 2.55. The SMILES string of the molecule is COCc1nc(-c2nncn2-c2c(OC)cccc2OC)cs1. The van der Waals surface area contributed by atoms with Gasteiger partial charge in [-0.15, -0.1) is 21.5 Å². The summed E-state index contributed by atoms with van der Waals surface area (Å²) in [4.78, 5) is 4.53. The summed E-state index contributed by atoms with van der Waals surface area (Å²) in [5, 5.41) is 11.0. The van der Waals surface area contributed by atoms with Gasteiger partial charge in [0.05, 0.1) is 20.8 Å². The normalized spacial score (nSPS) is 10.7. The summed E-state index contributed by atoms with van der Waals surface area (Å²) in [6.07, 6.45) is 1.62. The van der Waals surface area contributed by atoms with Gasteiger partial charge in [0.2, 0.25) is 0 Å². The molecule has 3 aromatic rings. The van der Waals surface area contributed by atoms with Crippen LogP contribution in [0, 0.1) is 0 Å². The smallest absolute Gasteiger partial charge is 0.188 e. The molecule has 0 spiro atoms. The minimum absolute atomic E-state index is 0.469. The molecule has 0 fully saturated rings. The van der Waals surface area contributed by atoms with E-state index in [0.717, 1.165) is 16.4 Å². The zero-order chi connectivity index (χ0) is 16.2. The van der Waals surface area contributed by atoms with Crippen LogP contribution in [0.4, 0.5) is 0 Å². The minimum Gasteiger partial charge on any atom is -0.494 e. The van der Waals surface area contributed by atoms with Crippen LogP contribution in [0.2, 0.25) is 0 Å². The molecule has 0 atom stereocenters. The Morgan fingerprint density at radius 1 is 1.13 bits per heavy atom. The lowest BCUT2D eigenvalue weighted by Crippen LogP contribution is -2.02. The zero-order valence-corrected chi connectivity index (χ0v) is 13.8. The van der Waals surface area contributed by atoms with Crippen molar-refractivity contribution in [2.24, 2.45) is 0 Å². The van der Waals surface area contributed by atoms with Crippen molar-refractivity contribution in [3.63, 3.8) is 0 Å². The summed E-state index contributed by atoms with van der Waals surface area (Å²) in [6, 6.07) is 5.59. The van der Waals surface area contributed by atoms with Crippen molar-refractivity contribution in [1.29, 1.82) is 0 Å². The maximum atomic E-state index is 5.45. The summed E-state index contributed by atoms with van der Waals surface area (Å²) in [6.45, 7) is 0.469. The van der Waals surface area contributed by atoms with Gasteiger partial charge in [0.1, 0.15) is 34.2 Å². The minimum atomic E-state index is 0.469. The number of hydrogen-bond acceptors (Lipinski definition) is 7. The van der Waals surface area contributed by atoms with Crippen LogP contribution in [0.25, 0.3) is 17.2 Å². The fourth-order valence-electron chi connectivity index (χ4n) is 2.25. The van der Waals surface area contributed by atoms with Gasteiger partial charge < -0.3 is 14.2 Å². The van der Waals surface area contributed by atoms with Crippen molar-refractivity contribution in [3.8, 4) is 28.7 Å². The monoisotopic (exact) mass is 332 g/mol. The standard InChI is InChI=1S/C15H16N4O3S/c1-20-7-13-17-10(8-23-13)15-18-16-9-19(15)14-11(21-2)5-4-6-12(14)22-3/h4-6,8-9H,7H2,1-3H3. The Kier molecular flexibility index (Phi) is 4.54. The highest BCUT2D eigenvalue weighted by molar-refractivity contribution is 7.09. The van der Waals surface area contributed by atoms with Crippen LogP contribution in [0.3, 0.4) is 0 Å². The summed E-state index contributed by atoms with van der Waals surface area (Å²) >= 11 is 1.52. The molecule has 0 saturated heterocycles. The van der Waals surface area contributed by atoms with Crippen LogP contribution < -0.4 is 9.47 Å². The van der Waals surface area contributed by atoms with E-state index < -0.39 is 0 Å². The van der Waals surface area contributed by atoms with Crippen LogP contribution in [0.5, 0.6) is 11.5 Å². The van der Waals surface area contributed by atoms with Crippen LogP contribution in [-0.2, 0) is 11.3 Å². The Balaban J connectivity index is 2.11. The summed E-state index contributed by atoms with van der Waals surface area (Å²) < 4.78 is 17.8. The maximum Gasteiger partial charge on any atom is 0.188 e. The molecule has 0 radical (unpaired) electrons. The molecule has 0 aliphatic carbocycles. The molecule has 2 aromatic heterocycles. The summed E-state index contributed by atoms with van der Waals surface area (Å²) in [5.74, 6) is 1.95. The molecular weight excluding hydrogens is 316 g/mol. The Bertz CT molecular complexity index is 777. The number of thiazole rings is 1. The van der Waals surface area contributed by atoms with E-state index in [1.807, 2.05) is 28.1 Å². The second-order valence-corrected chi connectivity index (χ2v) is 5.54. The molecule has 0 amide bonds. The van der Waals surface area contributed by atoms with E-state index in [4.69, 9.17) is 14.2 Å². The van der Waals surface area contributed by atoms with Crippen molar-refractivity contribution in [3.05, 3.63) is 34.9 Å². The third kappa shape index (κ3) is 2.90. The highest BCUT2D eigenvalue weighted by atomic mass is 32.1. The first kappa shape index (κ1) is 15.4. The maximum absolute atomic E-state index is 5.45. The molecule has 0 unspecified atom stereocenters. The van der Waals surface area contributed by atoms with Gasteiger partial charge in [-0.2, -0.15) is 0 Å². The van der Waals surface area contributed by atoms with E-state index in [-0.39, 0.29) is 0 Å². The number of nitrogens with zero attached hydrogens (tertiary/aromatic N) is 4. The zero-order valence-electron chi connectivity index (χ0n) is 13.0. The largest absolute Gasteiger partial charge is 0.494 e. The number of methoxy groups -OCH3 is 3. The van der Waals surface area contributed by atoms with Crippen LogP contribution in [-0.4, -0.2) is 41.1 Å². The lowest BCUT2D eigenvalue weighted by Gasteiger charge is -2.14. The Labute approximate surface area is 137 Å². The van der Waals surface area contributed by atoms with E-state index in [9.17, 15) is 0 Å². The topological polar surface area (TPSA) is 71.3 Å². The molecule has 23 heavy (non-hydrogen) atoms. The second-order valence-electron chi connectivity index (χ2n) is 4.60. The highest BCUT2D eigenvalue weighted by Gasteiger charge is 2.19. The number of benzene rings is 1. The second kappa shape index (κ2) is 6.76. The molecular formula is C15H16N4O3S. The van der Waals surface area contributed by atoms with Gasteiger partial charge in [-0.05, 0) is 12.1 Å². The molecule has 8 heteroatoms. The van der Waals surface area contributed by atoms with E-state index in [0.29, 0.717) is 23.9 Å². The van der Waals surface area contributed by atoms with E-state index in [1.165, 1.54) is 11.3 Å². The molecule has 0 aliphatic rings. The highest BCUT2D eigenvalue weighted by Crippen LogP contribution is 2.35. The fraction of sp³-hybridized carbons (Fsp3) is 0.267. The third-order valence-corrected chi connectivity index (χ3v) is 4.06. The van der Waals surface area contributed by atoms with E-state index >= 15 is 0 Å². The molecule has 2 heterocycles. The number of hydrogen-bond donors (Lipinski definition) is 0. The third-order valence-electron chi connectivity index (χ3n) is 3.24. The number of ether oxygens (including phenoxy) is 3. The molecule has 120 valence electrons. The van der Waals surface area contributed by atoms with Crippen molar-refractivity contribution < 1.29 is 14.2 Å². The van der Waals surface area contributed by atoms with Crippen molar-refractivity contribution >= 4 is 11.3 Å². The average Bonchev–Trinajstić information content (AvgIpc) is 3.23. The molecule has 0 N–H and O–H groups in total. The number of para-hydroxylation sites is 1. The van der Waals surface area contributed by atoms with Crippen molar-refractivity contribution in [1.82, 2.24) is 19.7 Å². The Morgan fingerprint density at radius 2 is 1.87 bits per heavy atom. The Hall–Kier alpha value is -2.45.